The third-order valence-electron chi connectivity index (χ3n) is 6.92. The molecular weight excluding hydrogens is 424 g/mol. The molecule has 5 rings (SSSR count). The van der Waals surface area contributed by atoms with E-state index in [0.29, 0.717) is 30.1 Å². The van der Waals surface area contributed by atoms with Crippen LogP contribution in [0.4, 0.5) is 11.8 Å². The minimum absolute atomic E-state index is 0.000253. The quantitative estimate of drug-likeness (QED) is 0.444. The van der Waals surface area contributed by atoms with Crippen molar-refractivity contribution >= 4 is 39.5 Å². The predicted molar refractivity (Wildman–Crippen MR) is 138 cm³/mol. The first-order valence-corrected chi connectivity index (χ1v) is 12.0. The highest BCUT2D eigenvalue weighted by Crippen LogP contribution is 2.28. The molecule has 2 aromatic carbocycles. The van der Waals surface area contributed by atoms with Crippen molar-refractivity contribution in [3.8, 4) is 0 Å². The first-order valence-electron chi connectivity index (χ1n) is 12.0. The fraction of sp³-hybridized carbons (Fsp3) is 0.370. The maximum atomic E-state index is 12.8. The van der Waals surface area contributed by atoms with Crippen molar-refractivity contribution < 1.29 is 4.79 Å². The fourth-order valence-electron chi connectivity index (χ4n) is 4.99. The molecule has 2 heterocycles. The number of anilines is 2. The van der Waals surface area contributed by atoms with Gasteiger partial charge in [-0.05, 0) is 55.9 Å². The average Bonchev–Trinajstić information content (AvgIpc) is 3.19. The number of benzene rings is 2. The third-order valence-corrected chi connectivity index (χ3v) is 6.92. The van der Waals surface area contributed by atoms with Crippen molar-refractivity contribution in [2.45, 2.75) is 31.7 Å². The Bertz CT molecular complexity index is 1320. The molecule has 1 amide bonds. The SMILES string of the molecule is CN(C)c1nc(N[C@H]2CC[C@@H](CNC(=O)c3cc4ccccc4n3C)CC2)nc2ccccc12. The van der Waals surface area contributed by atoms with Gasteiger partial charge in [0.15, 0.2) is 0 Å². The van der Waals surface area contributed by atoms with Crippen LogP contribution in [-0.4, -0.2) is 47.1 Å². The monoisotopic (exact) mass is 456 g/mol. The number of aryl methyl sites for hydroxylation is 1. The normalized spacial score (nSPS) is 18.2. The summed E-state index contributed by atoms with van der Waals surface area (Å²) in [5.74, 6) is 2.11. The van der Waals surface area contributed by atoms with Crippen LogP contribution in [0.15, 0.2) is 54.6 Å². The van der Waals surface area contributed by atoms with Crippen molar-refractivity contribution in [1.29, 1.82) is 0 Å². The molecule has 7 heteroatoms. The maximum Gasteiger partial charge on any atom is 0.267 e. The lowest BCUT2D eigenvalue weighted by atomic mass is 9.86. The number of carbonyl (C=O) groups excluding carboxylic acids is 1. The Morgan fingerprint density at radius 1 is 1.03 bits per heavy atom. The van der Waals surface area contributed by atoms with Gasteiger partial charge < -0.3 is 20.1 Å². The largest absolute Gasteiger partial charge is 0.362 e. The number of hydrogen-bond acceptors (Lipinski definition) is 5. The maximum absolute atomic E-state index is 12.8. The van der Waals surface area contributed by atoms with Crippen LogP contribution in [0.1, 0.15) is 36.2 Å². The Morgan fingerprint density at radius 3 is 2.53 bits per heavy atom. The van der Waals surface area contributed by atoms with Gasteiger partial charge in [-0.25, -0.2) is 4.98 Å². The summed E-state index contributed by atoms with van der Waals surface area (Å²) in [4.78, 5) is 24.4. The zero-order valence-electron chi connectivity index (χ0n) is 20.1. The molecule has 0 radical (unpaired) electrons. The lowest BCUT2D eigenvalue weighted by Crippen LogP contribution is -2.34. The summed E-state index contributed by atoms with van der Waals surface area (Å²) in [5.41, 5.74) is 2.74. The standard InChI is InChI=1S/C27H32N6O/c1-32(2)25-21-9-5-6-10-22(21)30-27(31-25)29-20-14-12-18(13-15-20)17-28-26(34)24-16-19-8-4-7-11-23(19)33(24)3/h4-11,16,18,20H,12-15,17H2,1-3H3,(H,28,34)(H,29,30,31)/t18-,20+. The minimum atomic E-state index is -0.000253. The highest BCUT2D eigenvalue weighted by atomic mass is 16.1. The molecule has 0 bridgehead atoms. The number of nitrogens with zero attached hydrogens (tertiary/aromatic N) is 4. The number of hydrogen-bond donors (Lipinski definition) is 2. The summed E-state index contributed by atoms with van der Waals surface area (Å²) in [7, 11) is 5.97. The van der Waals surface area contributed by atoms with E-state index >= 15 is 0 Å². The third kappa shape index (κ3) is 4.42. The van der Waals surface area contributed by atoms with Crippen molar-refractivity contribution in [1.82, 2.24) is 19.9 Å². The van der Waals surface area contributed by atoms with E-state index in [4.69, 9.17) is 9.97 Å². The zero-order valence-corrected chi connectivity index (χ0v) is 20.1. The summed E-state index contributed by atoms with van der Waals surface area (Å²) in [6, 6.07) is 18.5. The summed E-state index contributed by atoms with van der Waals surface area (Å²) in [6.45, 7) is 0.713. The van der Waals surface area contributed by atoms with E-state index in [1.807, 2.05) is 79.1 Å². The number of rotatable bonds is 6. The van der Waals surface area contributed by atoms with Gasteiger partial charge >= 0.3 is 0 Å². The van der Waals surface area contributed by atoms with Crippen molar-refractivity contribution in [3.63, 3.8) is 0 Å². The van der Waals surface area contributed by atoms with Gasteiger partial charge in [-0.2, -0.15) is 4.98 Å². The molecule has 176 valence electrons. The van der Waals surface area contributed by atoms with Gasteiger partial charge in [0.1, 0.15) is 11.5 Å². The van der Waals surface area contributed by atoms with Crippen LogP contribution >= 0.6 is 0 Å². The van der Waals surface area contributed by atoms with Gasteiger partial charge in [-0.1, -0.05) is 30.3 Å². The number of carbonyl (C=O) groups is 1. The molecule has 7 nitrogen and oxygen atoms in total. The minimum Gasteiger partial charge on any atom is -0.362 e. The van der Waals surface area contributed by atoms with Crippen LogP contribution in [0.25, 0.3) is 21.8 Å². The number of aromatic nitrogens is 3. The van der Waals surface area contributed by atoms with E-state index in [2.05, 4.69) is 16.7 Å². The molecule has 34 heavy (non-hydrogen) atoms. The zero-order chi connectivity index (χ0) is 23.7. The van der Waals surface area contributed by atoms with Crippen LogP contribution < -0.4 is 15.5 Å². The Balaban J connectivity index is 1.17. The van der Waals surface area contributed by atoms with Crippen molar-refractivity contribution in [2.24, 2.45) is 13.0 Å². The lowest BCUT2D eigenvalue weighted by molar-refractivity contribution is 0.0935. The molecule has 1 fully saturated rings. The first-order chi connectivity index (χ1) is 16.5. The molecule has 4 aromatic rings. The number of nitrogens with one attached hydrogen (secondary N) is 2. The Kier molecular flexibility index (Phi) is 6.09. The Morgan fingerprint density at radius 2 is 1.76 bits per heavy atom. The van der Waals surface area contributed by atoms with Crippen LogP contribution in [0.2, 0.25) is 0 Å². The van der Waals surface area contributed by atoms with Gasteiger partial charge in [0.05, 0.1) is 5.52 Å². The van der Waals surface area contributed by atoms with Gasteiger partial charge in [-0.3, -0.25) is 4.79 Å². The molecule has 1 aliphatic rings. The molecule has 0 spiro atoms. The smallest absolute Gasteiger partial charge is 0.267 e. The predicted octanol–water partition coefficient (Wildman–Crippen LogP) is 4.59. The molecule has 0 unspecified atom stereocenters. The summed E-state index contributed by atoms with van der Waals surface area (Å²) >= 11 is 0. The van der Waals surface area contributed by atoms with E-state index in [1.165, 1.54) is 0 Å². The molecule has 1 aliphatic carbocycles. The van der Waals surface area contributed by atoms with Crippen LogP contribution in [0, 0.1) is 5.92 Å². The Labute approximate surface area is 200 Å². The second kappa shape index (κ2) is 9.33. The molecular formula is C27H32N6O. The van der Waals surface area contributed by atoms with E-state index in [9.17, 15) is 4.79 Å². The van der Waals surface area contributed by atoms with Crippen molar-refractivity contribution in [2.75, 3.05) is 30.9 Å². The summed E-state index contributed by atoms with van der Waals surface area (Å²) in [5, 5.41) is 8.88. The highest BCUT2D eigenvalue weighted by Gasteiger charge is 2.23. The summed E-state index contributed by atoms with van der Waals surface area (Å²) in [6.07, 6.45) is 4.23. The molecule has 2 N–H and O–H groups in total. The summed E-state index contributed by atoms with van der Waals surface area (Å²) < 4.78 is 1.97. The van der Waals surface area contributed by atoms with Gasteiger partial charge in [0.25, 0.3) is 5.91 Å². The van der Waals surface area contributed by atoms with Crippen molar-refractivity contribution in [3.05, 3.63) is 60.3 Å². The van der Waals surface area contributed by atoms with Crippen LogP contribution in [0.5, 0.6) is 0 Å². The van der Waals surface area contributed by atoms with E-state index < -0.39 is 0 Å². The molecule has 2 aromatic heterocycles. The molecule has 0 saturated heterocycles. The van der Waals surface area contributed by atoms with E-state index in [0.717, 1.165) is 53.3 Å². The molecule has 0 aliphatic heterocycles. The van der Waals surface area contributed by atoms with Crippen LogP contribution in [0.3, 0.4) is 0 Å². The topological polar surface area (TPSA) is 75.1 Å². The molecule has 1 saturated carbocycles. The van der Waals surface area contributed by atoms with Gasteiger partial charge in [0, 0.05) is 50.0 Å². The van der Waals surface area contributed by atoms with E-state index in [1.54, 1.807) is 0 Å². The number of fused-ring (bicyclic) bond motifs is 2. The average molecular weight is 457 g/mol. The van der Waals surface area contributed by atoms with Gasteiger partial charge in [-0.15, -0.1) is 0 Å². The van der Waals surface area contributed by atoms with Gasteiger partial charge in [0.2, 0.25) is 5.95 Å². The Hall–Kier alpha value is -3.61. The molecule has 0 atom stereocenters. The lowest BCUT2D eigenvalue weighted by Gasteiger charge is -2.29. The first kappa shape index (κ1) is 22.2. The van der Waals surface area contributed by atoms with E-state index in [-0.39, 0.29) is 5.91 Å². The van der Waals surface area contributed by atoms with Crippen LogP contribution in [-0.2, 0) is 7.05 Å². The number of para-hydroxylation sites is 2. The second-order valence-corrected chi connectivity index (χ2v) is 9.50. The second-order valence-electron chi connectivity index (χ2n) is 9.50. The highest BCUT2D eigenvalue weighted by molar-refractivity contribution is 5.98. The fourth-order valence-corrected chi connectivity index (χ4v) is 4.99. The number of amides is 1.